The van der Waals surface area contributed by atoms with Gasteiger partial charge in [0.25, 0.3) is 0 Å². The van der Waals surface area contributed by atoms with Crippen molar-refractivity contribution in [3.8, 4) is 39.9 Å². The number of methoxy groups -OCH3 is 1. The maximum absolute atomic E-state index is 6.43. The Morgan fingerprint density at radius 1 is 0.651 bits per heavy atom. The molecule has 43 heavy (non-hydrogen) atoms. The summed E-state index contributed by atoms with van der Waals surface area (Å²) in [6.45, 7) is 1.69. The van der Waals surface area contributed by atoms with E-state index in [2.05, 4.69) is 54.6 Å². The monoisotopic (exact) mass is 568 g/mol. The molecule has 1 unspecified atom stereocenters. The molecule has 0 spiro atoms. The topological polar surface area (TPSA) is 62.0 Å². The minimum absolute atomic E-state index is 0.150. The van der Waals surface area contributed by atoms with Crippen molar-refractivity contribution >= 4 is 32.3 Å². The summed E-state index contributed by atoms with van der Waals surface area (Å²) >= 11 is 0. The zero-order valence-electron chi connectivity index (χ0n) is 23.5. The molecule has 0 aromatic heterocycles. The van der Waals surface area contributed by atoms with Gasteiger partial charge in [0.05, 0.1) is 13.7 Å². The molecule has 6 heteroatoms. The van der Waals surface area contributed by atoms with Gasteiger partial charge in [-0.15, -0.1) is 0 Å². The second-order valence-corrected chi connectivity index (χ2v) is 10.8. The Kier molecular flexibility index (Phi) is 6.27. The van der Waals surface area contributed by atoms with E-state index in [9.17, 15) is 0 Å². The van der Waals surface area contributed by atoms with Crippen molar-refractivity contribution in [2.75, 3.05) is 26.9 Å². The van der Waals surface area contributed by atoms with Crippen LogP contribution in [0.1, 0.15) is 0 Å². The van der Waals surface area contributed by atoms with Gasteiger partial charge in [0.15, 0.2) is 5.76 Å². The number of ether oxygens (including phenoxy) is 6. The van der Waals surface area contributed by atoms with Gasteiger partial charge in [0.1, 0.15) is 54.3 Å². The molecule has 2 aliphatic heterocycles. The first-order valence-electron chi connectivity index (χ1n) is 14.3. The van der Waals surface area contributed by atoms with Crippen LogP contribution in [-0.2, 0) is 9.47 Å². The van der Waals surface area contributed by atoms with Crippen molar-refractivity contribution in [1.82, 2.24) is 0 Å². The molecule has 6 nitrogen and oxygen atoms in total. The highest BCUT2D eigenvalue weighted by Gasteiger charge is 2.24. The Labute approximate surface area is 248 Å². The minimum Gasteiger partial charge on any atom is -0.497 e. The smallest absolute Gasteiger partial charge is 0.176 e. The van der Waals surface area contributed by atoms with Crippen LogP contribution in [0.2, 0.25) is 0 Å². The third-order valence-electron chi connectivity index (χ3n) is 7.80. The Morgan fingerprint density at radius 3 is 2.05 bits per heavy atom. The SMILES string of the molecule is COc1ccc2ccc(-c3c(OCC4CO4)ccc4ccc(Oc5ccc6ccc(OCC7=CO7)cc6c5)cc34)cc2c1. The lowest BCUT2D eigenvalue weighted by atomic mass is 9.95. The second-order valence-electron chi connectivity index (χ2n) is 10.8. The summed E-state index contributed by atoms with van der Waals surface area (Å²) in [6, 6.07) is 35.0. The Morgan fingerprint density at radius 2 is 1.28 bits per heavy atom. The number of epoxide rings is 1. The molecule has 0 saturated carbocycles. The van der Waals surface area contributed by atoms with Gasteiger partial charge in [0, 0.05) is 5.56 Å². The third-order valence-corrected chi connectivity index (χ3v) is 7.80. The van der Waals surface area contributed by atoms with Gasteiger partial charge in [-0.25, -0.2) is 0 Å². The quantitative estimate of drug-likeness (QED) is 0.154. The summed E-state index contributed by atoms with van der Waals surface area (Å²) in [6.07, 6.45) is 1.84. The molecule has 212 valence electrons. The van der Waals surface area contributed by atoms with E-state index in [0.717, 1.165) is 84.6 Å². The van der Waals surface area contributed by atoms with Crippen molar-refractivity contribution in [2.45, 2.75) is 6.10 Å². The molecule has 0 radical (unpaired) electrons. The zero-order valence-corrected chi connectivity index (χ0v) is 23.5. The van der Waals surface area contributed by atoms with Crippen LogP contribution in [0.15, 0.2) is 115 Å². The van der Waals surface area contributed by atoms with E-state index in [0.29, 0.717) is 13.2 Å². The van der Waals surface area contributed by atoms with E-state index in [4.69, 9.17) is 28.4 Å². The van der Waals surface area contributed by atoms with Crippen LogP contribution in [0.4, 0.5) is 0 Å². The fraction of sp³-hybridized carbons (Fsp3) is 0.135. The molecule has 0 aliphatic carbocycles. The Hall–Kier alpha value is -5.20. The molecule has 0 bridgehead atoms. The van der Waals surface area contributed by atoms with Crippen LogP contribution < -0.4 is 18.9 Å². The number of rotatable bonds is 10. The number of hydrogen-bond donors (Lipinski definition) is 0. The summed E-state index contributed by atoms with van der Waals surface area (Å²) in [7, 11) is 1.69. The lowest BCUT2D eigenvalue weighted by Crippen LogP contribution is -2.05. The van der Waals surface area contributed by atoms with E-state index in [1.54, 1.807) is 13.4 Å². The maximum Gasteiger partial charge on any atom is 0.176 e. The number of benzene rings is 6. The third kappa shape index (κ3) is 5.41. The molecule has 1 fully saturated rings. The first-order valence-corrected chi connectivity index (χ1v) is 14.3. The summed E-state index contributed by atoms with van der Waals surface area (Å²) in [5, 5.41) is 6.52. The normalized spacial score (nSPS) is 15.2. The molecule has 8 rings (SSSR count). The molecule has 6 aromatic rings. The highest BCUT2D eigenvalue weighted by atomic mass is 16.6. The van der Waals surface area contributed by atoms with E-state index in [1.807, 2.05) is 48.5 Å². The molecule has 0 amide bonds. The summed E-state index contributed by atoms with van der Waals surface area (Å²) in [4.78, 5) is 0. The van der Waals surface area contributed by atoms with Crippen LogP contribution >= 0.6 is 0 Å². The first-order chi connectivity index (χ1) is 21.2. The predicted octanol–water partition coefficient (Wildman–Crippen LogP) is 8.64. The van der Waals surface area contributed by atoms with Crippen LogP contribution in [-0.4, -0.2) is 33.0 Å². The predicted molar refractivity (Wildman–Crippen MR) is 167 cm³/mol. The molecular formula is C37H28O6. The van der Waals surface area contributed by atoms with Crippen molar-refractivity contribution in [3.05, 3.63) is 115 Å². The number of fused-ring (bicyclic) bond motifs is 3. The van der Waals surface area contributed by atoms with Crippen LogP contribution in [0.3, 0.4) is 0 Å². The summed E-state index contributed by atoms with van der Waals surface area (Å²) in [5.74, 6) is 4.76. The molecule has 2 aliphatic rings. The molecule has 1 atom stereocenters. The maximum atomic E-state index is 6.43. The average Bonchev–Trinajstić information content (AvgIpc) is 3.98. The van der Waals surface area contributed by atoms with E-state index in [1.165, 1.54) is 0 Å². The molecular weight excluding hydrogens is 540 g/mol. The standard InChI is InChI=1S/C37H28O6/c1-38-29-9-4-23-2-3-26(14-27(23)15-29)37-35-18-32(12-7-25(35)8-13-36(37)42-22-34-21-41-34)43-31-11-6-24-5-10-30(16-28(24)17-31)39-19-33-20-40-33/h2-18,20,34H,19,21-22H2,1H3. The lowest BCUT2D eigenvalue weighted by molar-refractivity contribution is 0.264. The molecule has 0 N–H and O–H groups in total. The Balaban J connectivity index is 1.17. The van der Waals surface area contributed by atoms with Gasteiger partial charge in [0.2, 0.25) is 0 Å². The fourth-order valence-electron chi connectivity index (χ4n) is 5.37. The van der Waals surface area contributed by atoms with Crippen molar-refractivity contribution < 1.29 is 28.4 Å². The van der Waals surface area contributed by atoms with Gasteiger partial charge in [-0.2, -0.15) is 0 Å². The van der Waals surface area contributed by atoms with Crippen molar-refractivity contribution in [2.24, 2.45) is 0 Å². The average molecular weight is 569 g/mol. The first kappa shape index (κ1) is 25.5. The van der Waals surface area contributed by atoms with Gasteiger partial charge in [-0.05, 0) is 98.5 Å². The highest BCUT2D eigenvalue weighted by molar-refractivity contribution is 6.02. The zero-order chi connectivity index (χ0) is 28.8. The van der Waals surface area contributed by atoms with Gasteiger partial charge >= 0.3 is 0 Å². The molecule has 2 heterocycles. The molecule has 6 aromatic carbocycles. The minimum atomic E-state index is 0.150. The van der Waals surface area contributed by atoms with E-state index >= 15 is 0 Å². The summed E-state index contributed by atoms with van der Waals surface area (Å²) < 4.78 is 34.6. The Bertz CT molecular complexity index is 2040. The van der Waals surface area contributed by atoms with Crippen molar-refractivity contribution in [3.63, 3.8) is 0 Å². The summed E-state index contributed by atoms with van der Waals surface area (Å²) in [5.41, 5.74) is 2.07. The van der Waals surface area contributed by atoms with Gasteiger partial charge in [-0.3, -0.25) is 0 Å². The van der Waals surface area contributed by atoms with Gasteiger partial charge < -0.3 is 28.4 Å². The molecule has 1 saturated heterocycles. The van der Waals surface area contributed by atoms with Crippen LogP contribution in [0.5, 0.6) is 28.7 Å². The number of hydrogen-bond acceptors (Lipinski definition) is 6. The van der Waals surface area contributed by atoms with E-state index in [-0.39, 0.29) is 6.10 Å². The van der Waals surface area contributed by atoms with Crippen molar-refractivity contribution in [1.29, 1.82) is 0 Å². The fourth-order valence-corrected chi connectivity index (χ4v) is 5.37. The van der Waals surface area contributed by atoms with Gasteiger partial charge in [-0.1, -0.05) is 42.5 Å². The largest absolute Gasteiger partial charge is 0.497 e. The highest BCUT2D eigenvalue weighted by Crippen LogP contribution is 2.41. The van der Waals surface area contributed by atoms with Crippen LogP contribution in [0.25, 0.3) is 43.4 Å². The second kappa shape index (κ2) is 10.6. The van der Waals surface area contributed by atoms with E-state index < -0.39 is 0 Å². The lowest BCUT2D eigenvalue weighted by Gasteiger charge is -2.16. The van der Waals surface area contributed by atoms with Crippen LogP contribution in [0, 0.1) is 0 Å².